The molecule has 0 saturated heterocycles. The highest BCUT2D eigenvalue weighted by molar-refractivity contribution is 5.78. The second kappa shape index (κ2) is 6.10. The zero-order valence-electron chi connectivity index (χ0n) is 12.6. The highest BCUT2D eigenvalue weighted by Gasteiger charge is 2.40. The molecule has 5 heteroatoms. The second-order valence-corrected chi connectivity index (χ2v) is 6.51. The van der Waals surface area contributed by atoms with Crippen molar-refractivity contribution in [3.05, 3.63) is 23.8 Å². The molecule has 114 valence electrons. The average molecular weight is 288 g/mol. The monoisotopic (exact) mass is 288 g/mol. The summed E-state index contributed by atoms with van der Waals surface area (Å²) in [6, 6.07) is 2.16. The molecule has 0 aromatic carbocycles. The average Bonchev–Trinajstić information content (AvgIpc) is 2.44. The SMILES string of the molecule is Cc1nccc(CNC(=O)C2CC3CCCC(C2)C3N)n1. The summed E-state index contributed by atoms with van der Waals surface area (Å²) < 4.78 is 0. The van der Waals surface area contributed by atoms with E-state index in [1.807, 2.05) is 13.0 Å². The molecule has 2 unspecified atom stereocenters. The van der Waals surface area contributed by atoms with Crippen molar-refractivity contribution in [2.45, 2.75) is 51.6 Å². The quantitative estimate of drug-likeness (QED) is 0.884. The highest BCUT2D eigenvalue weighted by atomic mass is 16.1. The lowest BCUT2D eigenvalue weighted by Crippen LogP contribution is -2.49. The first-order chi connectivity index (χ1) is 10.1. The summed E-state index contributed by atoms with van der Waals surface area (Å²) in [6.07, 6.45) is 7.28. The van der Waals surface area contributed by atoms with Crippen LogP contribution in [0, 0.1) is 24.7 Å². The largest absolute Gasteiger partial charge is 0.350 e. The second-order valence-electron chi connectivity index (χ2n) is 6.51. The van der Waals surface area contributed by atoms with Gasteiger partial charge in [-0.3, -0.25) is 4.79 Å². The lowest BCUT2D eigenvalue weighted by molar-refractivity contribution is -0.128. The number of nitrogens with two attached hydrogens (primary N) is 1. The maximum atomic E-state index is 12.4. The summed E-state index contributed by atoms with van der Waals surface area (Å²) in [5.41, 5.74) is 7.14. The first kappa shape index (κ1) is 14.4. The maximum absolute atomic E-state index is 12.4. The van der Waals surface area contributed by atoms with Gasteiger partial charge < -0.3 is 11.1 Å². The van der Waals surface area contributed by atoms with E-state index in [1.165, 1.54) is 19.3 Å². The van der Waals surface area contributed by atoms with E-state index in [1.54, 1.807) is 6.20 Å². The predicted octanol–water partition coefficient (Wildman–Crippen LogP) is 1.55. The van der Waals surface area contributed by atoms with Crippen LogP contribution in [-0.2, 0) is 11.3 Å². The van der Waals surface area contributed by atoms with Gasteiger partial charge in [-0.25, -0.2) is 9.97 Å². The van der Waals surface area contributed by atoms with Gasteiger partial charge in [0, 0.05) is 18.2 Å². The predicted molar refractivity (Wildman–Crippen MR) is 80.1 cm³/mol. The van der Waals surface area contributed by atoms with Crippen LogP contribution in [0.25, 0.3) is 0 Å². The van der Waals surface area contributed by atoms with Gasteiger partial charge in [-0.2, -0.15) is 0 Å². The van der Waals surface area contributed by atoms with Gasteiger partial charge in [-0.05, 0) is 50.5 Å². The molecule has 1 aromatic rings. The molecule has 0 spiro atoms. The van der Waals surface area contributed by atoms with Crippen molar-refractivity contribution in [2.75, 3.05) is 0 Å². The Balaban J connectivity index is 1.56. The molecule has 2 aliphatic carbocycles. The molecule has 3 rings (SSSR count). The molecule has 21 heavy (non-hydrogen) atoms. The molecule has 1 amide bonds. The van der Waals surface area contributed by atoms with Crippen LogP contribution in [-0.4, -0.2) is 21.9 Å². The topological polar surface area (TPSA) is 80.9 Å². The summed E-state index contributed by atoms with van der Waals surface area (Å²) in [5, 5.41) is 3.03. The summed E-state index contributed by atoms with van der Waals surface area (Å²) >= 11 is 0. The Morgan fingerprint density at radius 3 is 2.76 bits per heavy atom. The number of hydrogen-bond donors (Lipinski definition) is 2. The fourth-order valence-corrected chi connectivity index (χ4v) is 3.93. The van der Waals surface area contributed by atoms with Gasteiger partial charge in [0.1, 0.15) is 5.82 Å². The van der Waals surface area contributed by atoms with Gasteiger partial charge in [0.15, 0.2) is 0 Å². The minimum atomic E-state index is 0.128. The molecule has 3 N–H and O–H groups in total. The minimum absolute atomic E-state index is 0.128. The van der Waals surface area contributed by atoms with Crippen molar-refractivity contribution in [3.63, 3.8) is 0 Å². The van der Waals surface area contributed by atoms with Gasteiger partial charge >= 0.3 is 0 Å². The van der Waals surface area contributed by atoms with Crippen molar-refractivity contribution in [1.29, 1.82) is 0 Å². The number of aromatic nitrogens is 2. The maximum Gasteiger partial charge on any atom is 0.223 e. The number of nitrogens with zero attached hydrogens (tertiary/aromatic N) is 2. The fraction of sp³-hybridized carbons (Fsp3) is 0.688. The van der Waals surface area contributed by atoms with Gasteiger partial charge in [0.2, 0.25) is 5.91 Å². The van der Waals surface area contributed by atoms with Crippen LogP contribution < -0.4 is 11.1 Å². The first-order valence-corrected chi connectivity index (χ1v) is 7.95. The van der Waals surface area contributed by atoms with Gasteiger partial charge in [0.05, 0.1) is 12.2 Å². The molecule has 1 heterocycles. The van der Waals surface area contributed by atoms with Crippen LogP contribution in [0.1, 0.15) is 43.6 Å². The van der Waals surface area contributed by atoms with Crippen LogP contribution in [0.2, 0.25) is 0 Å². The normalized spacial score (nSPS) is 31.7. The number of nitrogens with one attached hydrogen (secondary N) is 1. The van der Waals surface area contributed by atoms with Gasteiger partial charge in [-0.1, -0.05) is 6.42 Å². The van der Waals surface area contributed by atoms with Crippen LogP contribution in [0.4, 0.5) is 0 Å². The molecular weight excluding hydrogens is 264 g/mol. The van der Waals surface area contributed by atoms with Gasteiger partial charge in [-0.15, -0.1) is 0 Å². The Morgan fingerprint density at radius 2 is 2.10 bits per heavy atom. The molecule has 0 radical (unpaired) electrons. The van der Waals surface area contributed by atoms with E-state index in [-0.39, 0.29) is 11.8 Å². The van der Waals surface area contributed by atoms with E-state index in [0.717, 1.165) is 24.4 Å². The van der Waals surface area contributed by atoms with E-state index >= 15 is 0 Å². The molecule has 2 fully saturated rings. The molecule has 2 atom stereocenters. The first-order valence-electron chi connectivity index (χ1n) is 7.95. The number of carbonyl (C=O) groups excluding carboxylic acids is 1. The lowest BCUT2D eigenvalue weighted by atomic mass is 9.65. The summed E-state index contributed by atoms with van der Waals surface area (Å²) in [6.45, 7) is 2.34. The Labute approximate surface area is 125 Å². The zero-order valence-corrected chi connectivity index (χ0v) is 12.6. The third-order valence-corrected chi connectivity index (χ3v) is 5.06. The number of rotatable bonds is 3. The number of aryl methyl sites for hydroxylation is 1. The summed E-state index contributed by atoms with van der Waals surface area (Å²) in [4.78, 5) is 20.8. The van der Waals surface area contributed by atoms with Crippen LogP contribution in [0.3, 0.4) is 0 Å². The molecule has 5 nitrogen and oxygen atoms in total. The van der Waals surface area contributed by atoms with E-state index in [9.17, 15) is 4.79 Å². The molecule has 0 aliphatic heterocycles. The molecular formula is C16H24N4O. The van der Waals surface area contributed by atoms with Crippen LogP contribution in [0.5, 0.6) is 0 Å². The Bertz CT molecular complexity index is 505. The third-order valence-electron chi connectivity index (χ3n) is 5.06. The summed E-state index contributed by atoms with van der Waals surface area (Å²) in [7, 11) is 0. The molecule has 2 aliphatic rings. The Morgan fingerprint density at radius 1 is 1.38 bits per heavy atom. The molecule has 2 saturated carbocycles. The highest BCUT2D eigenvalue weighted by Crippen LogP contribution is 2.41. The zero-order chi connectivity index (χ0) is 14.8. The van der Waals surface area contributed by atoms with E-state index in [2.05, 4.69) is 15.3 Å². The van der Waals surface area contributed by atoms with Crippen molar-refractivity contribution in [1.82, 2.24) is 15.3 Å². The minimum Gasteiger partial charge on any atom is -0.350 e. The lowest BCUT2D eigenvalue weighted by Gasteiger charge is -2.43. The molecule has 1 aromatic heterocycles. The van der Waals surface area contributed by atoms with Gasteiger partial charge in [0.25, 0.3) is 0 Å². The number of carbonyl (C=O) groups is 1. The smallest absolute Gasteiger partial charge is 0.223 e. The van der Waals surface area contributed by atoms with Crippen molar-refractivity contribution in [3.8, 4) is 0 Å². The van der Waals surface area contributed by atoms with E-state index in [0.29, 0.717) is 24.4 Å². The van der Waals surface area contributed by atoms with E-state index in [4.69, 9.17) is 5.73 Å². The van der Waals surface area contributed by atoms with Crippen molar-refractivity contribution >= 4 is 5.91 Å². The van der Waals surface area contributed by atoms with Crippen molar-refractivity contribution in [2.24, 2.45) is 23.5 Å². The van der Waals surface area contributed by atoms with E-state index < -0.39 is 0 Å². The number of amides is 1. The molecule has 2 bridgehead atoms. The number of fused-ring (bicyclic) bond motifs is 2. The van der Waals surface area contributed by atoms with Crippen LogP contribution >= 0.6 is 0 Å². The third kappa shape index (κ3) is 3.23. The van der Waals surface area contributed by atoms with Crippen molar-refractivity contribution < 1.29 is 4.79 Å². The fourth-order valence-electron chi connectivity index (χ4n) is 3.93. The van der Waals surface area contributed by atoms with Crippen LogP contribution in [0.15, 0.2) is 12.3 Å². The summed E-state index contributed by atoms with van der Waals surface area (Å²) in [5.74, 6) is 2.10. The number of hydrogen-bond acceptors (Lipinski definition) is 4. The Hall–Kier alpha value is -1.49. The Kier molecular flexibility index (Phi) is 4.19. The standard InChI is InChI=1S/C16H24N4O/c1-10-18-6-5-14(20-10)9-19-16(21)13-7-11-3-2-4-12(8-13)15(11)17/h5-6,11-13,15H,2-4,7-9,17H2,1H3,(H,19,21).